The first-order valence-electron chi connectivity index (χ1n) is 8.31. The van der Waals surface area contributed by atoms with Gasteiger partial charge >= 0.3 is 0 Å². The predicted octanol–water partition coefficient (Wildman–Crippen LogP) is 3.93. The van der Waals surface area contributed by atoms with Gasteiger partial charge in [0.25, 0.3) is 0 Å². The molecule has 1 heterocycles. The standard InChI is InChI=1S/C19H26O3/c1-4-5-12-9-16(21)18-14-8-13(11-20)6-7-15(14)19(2,3)22-17(18)10-12/h8-10,14-15,20-21H,4-7,11H2,1-3H3/t14-,15-/m0/s1. The molecule has 2 aliphatic rings. The van der Waals surface area contributed by atoms with E-state index < -0.39 is 0 Å². The minimum absolute atomic E-state index is 0.106. The average Bonchev–Trinajstić information content (AvgIpc) is 2.45. The topological polar surface area (TPSA) is 49.7 Å². The van der Waals surface area contributed by atoms with E-state index in [1.807, 2.05) is 6.07 Å². The summed E-state index contributed by atoms with van der Waals surface area (Å²) in [6, 6.07) is 3.96. The summed E-state index contributed by atoms with van der Waals surface area (Å²) in [6.45, 7) is 6.51. The zero-order chi connectivity index (χ0) is 15.9. The SMILES string of the molecule is CCCc1cc(O)c2c(c1)OC(C)(C)[C@H]1CCC(CO)=C[C@H]21. The van der Waals surface area contributed by atoms with Gasteiger partial charge in [0.1, 0.15) is 17.1 Å². The quantitative estimate of drug-likeness (QED) is 0.832. The molecule has 2 N–H and O–H groups in total. The minimum atomic E-state index is -0.258. The lowest BCUT2D eigenvalue weighted by atomic mass is 9.68. The highest BCUT2D eigenvalue weighted by Crippen LogP contribution is 2.53. The van der Waals surface area contributed by atoms with E-state index in [0.717, 1.165) is 48.1 Å². The molecule has 0 saturated carbocycles. The number of aliphatic hydroxyl groups is 1. The van der Waals surface area contributed by atoms with Crippen molar-refractivity contribution >= 4 is 0 Å². The Labute approximate surface area is 132 Å². The Bertz CT molecular complexity index is 601. The molecule has 0 aromatic heterocycles. The molecule has 0 unspecified atom stereocenters. The Morgan fingerprint density at radius 1 is 1.32 bits per heavy atom. The molecule has 0 bridgehead atoms. The highest BCUT2D eigenvalue weighted by atomic mass is 16.5. The smallest absolute Gasteiger partial charge is 0.127 e. The lowest BCUT2D eigenvalue weighted by Gasteiger charge is -2.46. The summed E-state index contributed by atoms with van der Waals surface area (Å²) in [5.41, 5.74) is 2.83. The Morgan fingerprint density at radius 2 is 2.09 bits per heavy atom. The van der Waals surface area contributed by atoms with Crippen LogP contribution in [0.1, 0.15) is 57.1 Å². The maximum atomic E-state index is 10.6. The maximum absolute atomic E-state index is 10.6. The molecular weight excluding hydrogens is 276 g/mol. The monoisotopic (exact) mass is 302 g/mol. The van der Waals surface area contributed by atoms with Crippen molar-refractivity contribution < 1.29 is 14.9 Å². The fourth-order valence-electron chi connectivity index (χ4n) is 4.05. The summed E-state index contributed by atoms with van der Waals surface area (Å²) in [6.07, 6.45) is 6.03. The van der Waals surface area contributed by atoms with E-state index >= 15 is 0 Å². The molecule has 0 spiro atoms. The predicted molar refractivity (Wildman–Crippen MR) is 87.4 cm³/mol. The number of ether oxygens (including phenoxy) is 1. The Morgan fingerprint density at radius 3 is 2.77 bits per heavy atom. The summed E-state index contributed by atoms with van der Waals surface area (Å²) in [5, 5.41) is 20.0. The molecule has 3 rings (SSSR count). The van der Waals surface area contributed by atoms with Gasteiger partial charge in [0.15, 0.2) is 0 Å². The van der Waals surface area contributed by atoms with Crippen molar-refractivity contribution in [1.29, 1.82) is 0 Å². The minimum Gasteiger partial charge on any atom is -0.507 e. The molecule has 3 nitrogen and oxygen atoms in total. The molecule has 2 atom stereocenters. The fourth-order valence-corrected chi connectivity index (χ4v) is 4.05. The van der Waals surface area contributed by atoms with Crippen molar-refractivity contribution in [2.24, 2.45) is 5.92 Å². The average molecular weight is 302 g/mol. The van der Waals surface area contributed by atoms with E-state index in [-0.39, 0.29) is 18.1 Å². The van der Waals surface area contributed by atoms with Crippen LogP contribution in [0.2, 0.25) is 0 Å². The molecule has 0 amide bonds. The number of aromatic hydroxyl groups is 1. The van der Waals surface area contributed by atoms with Crippen LogP contribution < -0.4 is 4.74 Å². The zero-order valence-electron chi connectivity index (χ0n) is 13.7. The summed E-state index contributed by atoms with van der Waals surface area (Å²) in [4.78, 5) is 0. The number of phenols is 1. The Balaban J connectivity index is 2.12. The number of fused-ring (bicyclic) bond motifs is 3. The summed E-state index contributed by atoms with van der Waals surface area (Å²) >= 11 is 0. The van der Waals surface area contributed by atoms with Crippen LogP contribution in [-0.4, -0.2) is 22.4 Å². The van der Waals surface area contributed by atoms with E-state index in [1.165, 1.54) is 0 Å². The third-order valence-electron chi connectivity index (χ3n) is 5.15. The second-order valence-electron chi connectivity index (χ2n) is 7.14. The van der Waals surface area contributed by atoms with Crippen molar-refractivity contribution in [1.82, 2.24) is 0 Å². The molecule has 120 valence electrons. The van der Waals surface area contributed by atoms with Gasteiger partial charge in [-0.05, 0) is 56.4 Å². The van der Waals surface area contributed by atoms with Crippen molar-refractivity contribution in [2.45, 2.75) is 58.0 Å². The van der Waals surface area contributed by atoms with Gasteiger partial charge in [-0.15, -0.1) is 0 Å². The molecule has 0 saturated heterocycles. The van der Waals surface area contributed by atoms with Gasteiger partial charge in [0, 0.05) is 17.4 Å². The molecule has 1 aliphatic heterocycles. The van der Waals surface area contributed by atoms with Gasteiger partial charge < -0.3 is 14.9 Å². The molecule has 1 aromatic rings. The van der Waals surface area contributed by atoms with Crippen molar-refractivity contribution in [3.8, 4) is 11.5 Å². The van der Waals surface area contributed by atoms with Gasteiger partial charge in [-0.25, -0.2) is 0 Å². The second kappa shape index (κ2) is 5.62. The van der Waals surface area contributed by atoms with Crippen LogP contribution >= 0.6 is 0 Å². The summed E-state index contributed by atoms with van der Waals surface area (Å²) < 4.78 is 6.27. The number of hydrogen-bond acceptors (Lipinski definition) is 3. The third-order valence-corrected chi connectivity index (χ3v) is 5.15. The number of rotatable bonds is 3. The molecule has 0 radical (unpaired) electrons. The highest BCUT2D eigenvalue weighted by molar-refractivity contribution is 5.54. The number of benzene rings is 1. The van der Waals surface area contributed by atoms with Crippen LogP contribution in [-0.2, 0) is 6.42 Å². The van der Waals surface area contributed by atoms with E-state index in [1.54, 1.807) is 0 Å². The van der Waals surface area contributed by atoms with E-state index in [4.69, 9.17) is 4.74 Å². The lowest BCUT2D eigenvalue weighted by Crippen LogP contribution is -2.45. The summed E-state index contributed by atoms with van der Waals surface area (Å²) in [7, 11) is 0. The Hall–Kier alpha value is -1.48. The number of hydrogen-bond donors (Lipinski definition) is 2. The largest absolute Gasteiger partial charge is 0.507 e. The number of aryl methyl sites for hydroxylation is 1. The first-order valence-corrected chi connectivity index (χ1v) is 8.31. The van der Waals surface area contributed by atoms with Crippen molar-refractivity contribution in [3.63, 3.8) is 0 Å². The van der Waals surface area contributed by atoms with E-state index in [2.05, 4.69) is 32.9 Å². The first-order chi connectivity index (χ1) is 10.5. The van der Waals surface area contributed by atoms with E-state index in [9.17, 15) is 10.2 Å². The number of allylic oxidation sites excluding steroid dienone is 1. The maximum Gasteiger partial charge on any atom is 0.127 e. The molecule has 1 aliphatic carbocycles. The molecule has 22 heavy (non-hydrogen) atoms. The number of phenolic OH excluding ortho intramolecular Hbond substituents is 1. The van der Waals surface area contributed by atoms with Gasteiger partial charge in [0.2, 0.25) is 0 Å². The van der Waals surface area contributed by atoms with Gasteiger partial charge in [-0.2, -0.15) is 0 Å². The molecule has 3 heteroatoms. The van der Waals surface area contributed by atoms with Crippen molar-refractivity contribution in [2.75, 3.05) is 6.61 Å². The molecule has 0 fully saturated rings. The van der Waals surface area contributed by atoms with Crippen LogP contribution in [0.25, 0.3) is 0 Å². The lowest BCUT2D eigenvalue weighted by molar-refractivity contribution is 0.0100. The fraction of sp³-hybridized carbons (Fsp3) is 0.579. The van der Waals surface area contributed by atoms with Crippen LogP contribution in [0.4, 0.5) is 0 Å². The highest BCUT2D eigenvalue weighted by Gasteiger charge is 2.45. The zero-order valence-corrected chi connectivity index (χ0v) is 13.7. The number of aliphatic hydroxyl groups excluding tert-OH is 1. The Kier molecular flexibility index (Phi) is 3.94. The van der Waals surface area contributed by atoms with Crippen molar-refractivity contribution in [3.05, 3.63) is 34.9 Å². The van der Waals surface area contributed by atoms with Gasteiger partial charge in [-0.3, -0.25) is 0 Å². The second-order valence-corrected chi connectivity index (χ2v) is 7.14. The van der Waals surface area contributed by atoms with Crippen LogP contribution in [0, 0.1) is 5.92 Å². The van der Waals surface area contributed by atoms with Gasteiger partial charge in [0.05, 0.1) is 6.61 Å². The van der Waals surface area contributed by atoms with Gasteiger partial charge in [-0.1, -0.05) is 19.4 Å². The van der Waals surface area contributed by atoms with Crippen LogP contribution in [0.3, 0.4) is 0 Å². The molecular formula is C19H26O3. The van der Waals surface area contributed by atoms with Crippen LogP contribution in [0.5, 0.6) is 11.5 Å². The third kappa shape index (κ3) is 2.52. The molecule has 1 aromatic carbocycles. The van der Waals surface area contributed by atoms with Crippen LogP contribution in [0.15, 0.2) is 23.8 Å². The summed E-state index contributed by atoms with van der Waals surface area (Å²) in [5.74, 6) is 1.61. The normalized spacial score (nSPS) is 25.7. The first kappa shape index (κ1) is 15.4. The van der Waals surface area contributed by atoms with E-state index in [0.29, 0.717) is 11.7 Å².